The van der Waals surface area contributed by atoms with Crippen LogP contribution < -0.4 is 0 Å². The third-order valence-electron chi connectivity index (χ3n) is 3.94. The summed E-state index contributed by atoms with van der Waals surface area (Å²) in [6.45, 7) is 6.77. The van der Waals surface area contributed by atoms with E-state index in [2.05, 4.69) is 0 Å². The maximum absolute atomic E-state index is 12.1. The zero-order valence-electron chi connectivity index (χ0n) is 11.9. The second-order valence-electron chi connectivity index (χ2n) is 5.49. The van der Waals surface area contributed by atoms with Crippen molar-refractivity contribution in [1.29, 1.82) is 0 Å². The Morgan fingerprint density at radius 1 is 0.789 bits per heavy atom. The van der Waals surface area contributed by atoms with Crippen molar-refractivity contribution in [3.8, 4) is 0 Å². The lowest BCUT2D eigenvalue weighted by Gasteiger charge is -2.25. The summed E-state index contributed by atoms with van der Waals surface area (Å²) in [5.74, 6) is 0.0251. The summed E-state index contributed by atoms with van der Waals surface area (Å²) < 4.78 is 5.62. The number of carbonyl (C=O) groups is 2. The fourth-order valence-electron chi connectivity index (χ4n) is 2.81. The number of hydrogen-bond donors (Lipinski definition) is 0. The Morgan fingerprint density at radius 2 is 1.11 bits per heavy atom. The summed E-state index contributed by atoms with van der Waals surface area (Å²) in [6.07, 6.45) is 3.22. The van der Waals surface area contributed by atoms with Gasteiger partial charge in [0.15, 0.2) is 0 Å². The van der Waals surface area contributed by atoms with Crippen molar-refractivity contribution in [3.63, 3.8) is 0 Å². The first kappa shape index (κ1) is 14.3. The van der Waals surface area contributed by atoms with Crippen molar-refractivity contribution in [3.05, 3.63) is 0 Å². The molecule has 0 spiro atoms. The molecule has 2 heterocycles. The minimum Gasteiger partial charge on any atom is -0.356 e. The molecule has 2 fully saturated rings. The Bertz CT molecular complexity index is 302. The fraction of sp³-hybridized carbons (Fsp3) is 0.857. The quantitative estimate of drug-likeness (QED) is 0.765. The van der Waals surface area contributed by atoms with Gasteiger partial charge in [-0.25, -0.2) is 0 Å². The van der Waals surface area contributed by atoms with Gasteiger partial charge in [-0.2, -0.15) is 0 Å². The minimum absolute atomic E-state index is 0.0126. The predicted molar refractivity (Wildman–Crippen MR) is 71.6 cm³/mol. The van der Waals surface area contributed by atoms with Crippen LogP contribution in [0.1, 0.15) is 39.5 Å². The first-order valence-corrected chi connectivity index (χ1v) is 7.32. The topological polar surface area (TPSA) is 49.9 Å². The van der Waals surface area contributed by atoms with E-state index in [0.29, 0.717) is 0 Å². The molecule has 5 heteroatoms. The molecule has 2 aliphatic rings. The van der Waals surface area contributed by atoms with Crippen LogP contribution in [0.3, 0.4) is 0 Å². The van der Waals surface area contributed by atoms with Crippen LogP contribution in [0.5, 0.6) is 0 Å². The molecule has 0 radical (unpaired) electrons. The number of rotatable bonds is 4. The van der Waals surface area contributed by atoms with Gasteiger partial charge in [-0.15, -0.1) is 0 Å². The summed E-state index contributed by atoms with van der Waals surface area (Å²) in [4.78, 5) is 27.9. The van der Waals surface area contributed by atoms with Crippen molar-refractivity contribution in [1.82, 2.24) is 9.80 Å². The number of hydrogen-bond acceptors (Lipinski definition) is 3. The standard InChI is InChI=1S/C14H24N2O3/c1-11(13(17)15-7-3-4-8-15)19-12(2)14(18)16-9-5-6-10-16/h11-12H,3-10H2,1-2H3. The van der Waals surface area contributed by atoms with Crippen LogP contribution in [-0.4, -0.2) is 60.0 Å². The van der Waals surface area contributed by atoms with Crippen LogP contribution in [0.25, 0.3) is 0 Å². The van der Waals surface area contributed by atoms with Gasteiger partial charge in [-0.1, -0.05) is 0 Å². The maximum atomic E-state index is 12.1. The molecule has 0 aliphatic carbocycles. The summed E-state index contributed by atoms with van der Waals surface area (Å²) in [6, 6.07) is 0. The number of amides is 2. The van der Waals surface area contributed by atoms with Crippen LogP contribution >= 0.6 is 0 Å². The molecule has 0 aromatic heterocycles. The van der Waals surface area contributed by atoms with E-state index in [9.17, 15) is 9.59 Å². The van der Waals surface area contributed by atoms with Gasteiger partial charge in [0, 0.05) is 26.2 Å². The van der Waals surface area contributed by atoms with Gasteiger partial charge in [-0.3, -0.25) is 9.59 Å². The molecular weight excluding hydrogens is 244 g/mol. The zero-order valence-corrected chi connectivity index (χ0v) is 11.9. The summed E-state index contributed by atoms with van der Waals surface area (Å²) >= 11 is 0. The van der Waals surface area contributed by atoms with Crippen molar-refractivity contribution in [2.75, 3.05) is 26.2 Å². The van der Waals surface area contributed by atoms with Gasteiger partial charge >= 0.3 is 0 Å². The van der Waals surface area contributed by atoms with Gasteiger partial charge in [0.1, 0.15) is 12.2 Å². The van der Waals surface area contributed by atoms with Gasteiger partial charge in [-0.05, 0) is 39.5 Å². The zero-order chi connectivity index (χ0) is 13.8. The molecule has 19 heavy (non-hydrogen) atoms. The molecule has 0 bridgehead atoms. The average Bonchev–Trinajstić information content (AvgIpc) is 3.09. The summed E-state index contributed by atoms with van der Waals surface area (Å²) in [5, 5.41) is 0. The SMILES string of the molecule is CC(OC(C)C(=O)N1CCCC1)C(=O)N1CCCC1. The molecule has 2 amide bonds. The van der Waals surface area contributed by atoms with E-state index in [1.165, 1.54) is 0 Å². The second-order valence-corrected chi connectivity index (χ2v) is 5.49. The lowest BCUT2D eigenvalue weighted by molar-refractivity contribution is -0.154. The van der Waals surface area contributed by atoms with Crippen LogP contribution in [0.2, 0.25) is 0 Å². The van der Waals surface area contributed by atoms with E-state index in [0.717, 1.165) is 51.9 Å². The number of nitrogens with zero attached hydrogens (tertiary/aromatic N) is 2. The molecule has 108 valence electrons. The highest BCUT2D eigenvalue weighted by Crippen LogP contribution is 2.14. The molecule has 2 rings (SSSR count). The van der Waals surface area contributed by atoms with Crippen molar-refractivity contribution >= 4 is 11.8 Å². The fourth-order valence-corrected chi connectivity index (χ4v) is 2.81. The third kappa shape index (κ3) is 3.47. The van der Waals surface area contributed by atoms with Crippen LogP contribution in [-0.2, 0) is 14.3 Å². The van der Waals surface area contributed by atoms with E-state index in [-0.39, 0.29) is 11.8 Å². The van der Waals surface area contributed by atoms with Gasteiger partial charge < -0.3 is 14.5 Å². The number of ether oxygens (including phenoxy) is 1. The Morgan fingerprint density at radius 3 is 1.42 bits per heavy atom. The number of likely N-dealkylation sites (tertiary alicyclic amines) is 2. The third-order valence-corrected chi connectivity index (χ3v) is 3.94. The average molecular weight is 268 g/mol. The highest BCUT2D eigenvalue weighted by molar-refractivity contribution is 5.83. The molecule has 2 atom stereocenters. The predicted octanol–water partition coefficient (Wildman–Crippen LogP) is 1.02. The molecule has 2 saturated heterocycles. The lowest BCUT2D eigenvalue weighted by Crippen LogP contribution is -2.43. The molecule has 0 saturated carbocycles. The molecule has 0 aromatic carbocycles. The molecule has 0 N–H and O–H groups in total. The van der Waals surface area contributed by atoms with Crippen LogP contribution in [0.15, 0.2) is 0 Å². The van der Waals surface area contributed by atoms with E-state index in [4.69, 9.17) is 4.74 Å². The van der Waals surface area contributed by atoms with E-state index in [1.807, 2.05) is 9.80 Å². The summed E-state index contributed by atoms with van der Waals surface area (Å²) in [7, 11) is 0. The van der Waals surface area contributed by atoms with E-state index in [1.54, 1.807) is 13.8 Å². The minimum atomic E-state index is -0.528. The highest BCUT2D eigenvalue weighted by atomic mass is 16.5. The molecule has 5 nitrogen and oxygen atoms in total. The van der Waals surface area contributed by atoms with Gasteiger partial charge in [0.2, 0.25) is 0 Å². The van der Waals surface area contributed by atoms with E-state index < -0.39 is 12.2 Å². The van der Waals surface area contributed by atoms with Crippen molar-refractivity contribution in [2.45, 2.75) is 51.7 Å². The monoisotopic (exact) mass is 268 g/mol. The first-order valence-electron chi connectivity index (χ1n) is 7.32. The molecular formula is C14H24N2O3. The Balaban J connectivity index is 1.81. The van der Waals surface area contributed by atoms with Gasteiger partial charge in [0.25, 0.3) is 11.8 Å². The summed E-state index contributed by atoms with van der Waals surface area (Å²) in [5.41, 5.74) is 0. The van der Waals surface area contributed by atoms with Crippen molar-refractivity contribution < 1.29 is 14.3 Å². The molecule has 2 aliphatic heterocycles. The Labute approximate surface area is 114 Å². The first-order chi connectivity index (χ1) is 9.09. The molecule has 0 aromatic rings. The maximum Gasteiger partial charge on any atom is 0.251 e. The van der Waals surface area contributed by atoms with Gasteiger partial charge in [0.05, 0.1) is 0 Å². The normalized spacial score (nSPS) is 22.6. The highest BCUT2D eigenvalue weighted by Gasteiger charge is 2.29. The van der Waals surface area contributed by atoms with E-state index >= 15 is 0 Å². The molecule has 2 unspecified atom stereocenters. The second kappa shape index (κ2) is 6.37. The lowest BCUT2D eigenvalue weighted by atomic mass is 10.3. The Kier molecular flexibility index (Phi) is 4.80. The number of carbonyl (C=O) groups excluding carboxylic acids is 2. The van der Waals surface area contributed by atoms with Crippen LogP contribution in [0, 0.1) is 0 Å². The Hall–Kier alpha value is -1.10. The smallest absolute Gasteiger partial charge is 0.251 e. The van der Waals surface area contributed by atoms with Crippen molar-refractivity contribution in [2.24, 2.45) is 0 Å². The largest absolute Gasteiger partial charge is 0.356 e. The van der Waals surface area contributed by atoms with Crippen LogP contribution in [0.4, 0.5) is 0 Å².